The molecular formula is C23H20ClN5O2. The van der Waals surface area contributed by atoms with Gasteiger partial charge in [-0.15, -0.1) is 0 Å². The second-order valence-corrected chi connectivity index (χ2v) is 7.45. The highest BCUT2D eigenvalue weighted by Crippen LogP contribution is 2.24. The molecule has 0 aliphatic carbocycles. The van der Waals surface area contributed by atoms with E-state index in [1.54, 1.807) is 59.3 Å². The van der Waals surface area contributed by atoms with Gasteiger partial charge < -0.3 is 10.1 Å². The van der Waals surface area contributed by atoms with Crippen molar-refractivity contribution in [2.24, 2.45) is 0 Å². The van der Waals surface area contributed by atoms with E-state index in [0.717, 1.165) is 17.0 Å². The van der Waals surface area contributed by atoms with E-state index in [1.165, 1.54) is 6.33 Å². The Bertz CT molecular complexity index is 1230. The molecule has 0 unspecified atom stereocenters. The first-order valence-corrected chi connectivity index (χ1v) is 9.98. The average Bonchev–Trinajstić information content (AvgIpc) is 3.03. The van der Waals surface area contributed by atoms with Gasteiger partial charge in [0.2, 0.25) is 5.88 Å². The number of rotatable bonds is 5. The van der Waals surface area contributed by atoms with Gasteiger partial charge >= 0.3 is 0 Å². The fraction of sp³-hybridized carbons (Fsp3) is 0.130. The molecule has 1 amide bonds. The van der Waals surface area contributed by atoms with E-state index >= 15 is 0 Å². The van der Waals surface area contributed by atoms with Gasteiger partial charge in [-0.05, 0) is 74.9 Å². The lowest BCUT2D eigenvalue weighted by molar-refractivity contribution is 0.102. The number of amides is 1. The number of halogens is 1. The quantitative estimate of drug-likeness (QED) is 0.462. The molecule has 4 aromatic rings. The summed E-state index contributed by atoms with van der Waals surface area (Å²) in [5, 5.41) is 7.94. The van der Waals surface area contributed by atoms with Gasteiger partial charge in [-0.25, -0.2) is 14.6 Å². The number of anilines is 1. The summed E-state index contributed by atoms with van der Waals surface area (Å²) < 4.78 is 7.63. The number of hydrogen-bond donors (Lipinski definition) is 1. The molecule has 0 aliphatic heterocycles. The summed E-state index contributed by atoms with van der Waals surface area (Å²) in [5.41, 5.74) is 4.27. The molecule has 0 radical (unpaired) electrons. The van der Waals surface area contributed by atoms with Crippen molar-refractivity contribution >= 4 is 23.2 Å². The Morgan fingerprint density at radius 2 is 1.71 bits per heavy atom. The lowest BCUT2D eigenvalue weighted by Crippen LogP contribution is -2.11. The molecule has 0 saturated heterocycles. The molecule has 0 fully saturated rings. The van der Waals surface area contributed by atoms with E-state index in [4.69, 9.17) is 16.3 Å². The van der Waals surface area contributed by atoms with Crippen molar-refractivity contribution in [1.82, 2.24) is 19.7 Å². The molecule has 156 valence electrons. The zero-order valence-corrected chi connectivity index (χ0v) is 18.0. The van der Waals surface area contributed by atoms with Crippen molar-refractivity contribution in [2.45, 2.75) is 20.8 Å². The van der Waals surface area contributed by atoms with Gasteiger partial charge in [0.05, 0.1) is 5.69 Å². The Balaban J connectivity index is 1.46. The number of carbonyl (C=O) groups excluding carboxylic acids is 1. The average molecular weight is 434 g/mol. The Morgan fingerprint density at radius 3 is 2.35 bits per heavy atom. The summed E-state index contributed by atoms with van der Waals surface area (Å²) in [6.07, 6.45) is 1.44. The zero-order chi connectivity index (χ0) is 22.0. The van der Waals surface area contributed by atoms with Crippen LogP contribution in [0.3, 0.4) is 0 Å². The summed E-state index contributed by atoms with van der Waals surface area (Å²) >= 11 is 5.86. The molecule has 0 aliphatic rings. The second-order valence-electron chi connectivity index (χ2n) is 7.01. The summed E-state index contributed by atoms with van der Waals surface area (Å²) in [6.45, 7) is 5.99. The van der Waals surface area contributed by atoms with E-state index in [0.29, 0.717) is 33.7 Å². The van der Waals surface area contributed by atoms with Crippen LogP contribution in [0.5, 0.6) is 11.6 Å². The van der Waals surface area contributed by atoms with E-state index in [9.17, 15) is 4.79 Å². The third-order valence-electron chi connectivity index (χ3n) is 4.94. The fourth-order valence-electron chi connectivity index (χ4n) is 2.98. The molecule has 2 heterocycles. The Morgan fingerprint density at radius 1 is 1.00 bits per heavy atom. The van der Waals surface area contributed by atoms with Crippen LogP contribution < -0.4 is 10.1 Å². The third-order valence-corrected chi connectivity index (χ3v) is 5.19. The fourth-order valence-corrected chi connectivity index (χ4v) is 3.10. The van der Waals surface area contributed by atoms with Crippen LogP contribution in [0.4, 0.5) is 5.69 Å². The van der Waals surface area contributed by atoms with Crippen LogP contribution in [0.25, 0.3) is 5.82 Å². The van der Waals surface area contributed by atoms with Crippen LogP contribution in [0, 0.1) is 20.8 Å². The predicted molar refractivity (Wildman–Crippen MR) is 119 cm³/mol. The van der Waals surface area contributed by atoms with Gasteiger partial charge in [0.1, 0.15) is 12.1 Å². The Labute approximate surface area is 184 Å². The molecule has 0 saturated carbocycles. The molecule has 7 nitrogen and oxygen atoms in total. The minimum atomic E-state index is -0.217. The van der Waals surface area contributed by atoms with Gasteiger partial charge in [0, 0.05) is 28.0 Å². The van der Waals surface area contributed by atoms with E-state index in [1.807, 2.05) is 20.8 Å². The number of nitrogens with one attached hydrogen (secondary N) is 1. The smallest absolute Gasteiger partial charge is 0.255 e. The minimum absolute atomic E-state index is 0.217. The lowest BCUT2D eigenvalue weighted by Gasteiger charge is -2.09. The molecule has 1 N–H and O–H groups in total. The molecular weight excluding hydrogens is 414 g/mol. The van der Waals surface area contributed by atoms with Crippen molar-refractivity contribution in [3.63, 3.8) is 0 Å². The Kier molecular flexibility index (Phi) is 5.68. The van der Waals surface area contributed by atoms with E-state index in [-0.39, 0.29) is 5.91 Å². The Hall–Kier alpha value is -3.71. The molecule has 4 rings (SSSR count). The predicted octanol–water partition coefficient (Wildman–Crippen LogP) is 5.29. The molecule has 0 spiro atoms. The van der Waals surface area contributed by atoms with Gasteiger partial charge in [0.25, 0.3) is 5.91 Å². The summed E-state index contributed by atoms with van der Waals surface area (Å²) in [5.74, 6) is 1.39. The van der Waals surface area contributed by atoms with Crippen molar-refractivity contribution in [3.8, 4) is 17.4 Å². The maximum atomic E-state index is 12.3. The van der Waals surface area contributed by atoms with Gasteiger partial charge in [-0.3, -0.25) is 4.79 Å². The van der Waals surface area contributed by atoms with Gasteiger partial charge in [-0.1, -0.05) is 11.6 Å². The highest BCUT2D eigenvalue weighted by atomic mass is 35.5. The molecule has 31 heavy (non-hydrogen) atoms. The highest BCUT2D eigenvalue weighted by molar-refractivity contribution is 6.30. The third kappa shape index (κ3) is 4.57. The minimum Gasteiger partial charge on any atom is -0.439 e. The number of aryl methyl sites for hydroxylation is 1. The number of aromatic nitrogens is 4. The summed E-state index contributed by atoms with van der Waals surface area (Å²) in [6, 6.07) is 15.5. The van der Waals surface area contributed by atoms with Crippen molar-refractivity contribution < 1.29 is 9.53 Å². The van der Waals surface area contributed by atoms with Crippen LogP contribution in [0.2, 0.25) is 5.02 Å². The van der Waals surface area contributed by atoms with Crippen LogP contribution in [-0.2, 0) is 0 Å². The largest absolute Gasteiger partial charge is 0.439 e. The van der Waals surface area contributed by atoms with Gasteiger partial charge in [-0.2, -0.15) is 5.10 Å². The first-order valence-electron chi connectivity index (χ1n) is 9.61. The maximum Gasteiger partial charge on any atom is 0.255 e. The normalized spacial score (nSPS) is 10.7. The summed E-state index contributed by atoms with van der Waals surface area (Å²) in [4.78, 5) is 20.8. The number of nitrogens with zero attached hydrogens (tertiary/aromatic N) is 4. The van der Waals surface area contributed by atoms with E-state index < -0.39 is 0 Å². The van der Waals surface area contributed by atoms with Crippen molar-refractivity contribution in [3.05, 3.63) is 88.5 Å². The summed E-state index contributed by atoms with van der Waals surface area (Å²) in [7, 11) is 0. The van der Waals surface area contributed by atoms with Crippen LogP contribution >= 0.6 is 11.6 Å². The topological polar surface area (TPSA) is 81.9 Å². The number of hydrogen-bond acceptors (Lipinski definition) is 5. The second kappa shape index (κ2) is 8.57. The van der Waals surface area contributed by atoms with Crippen molar-refractivity contribution in [2.75, 3.05) is 5.32 Å². The zero-order valence-electron chi connectivity index (χ0n) is 17.3. The SMILES string of the molecule is Cc1nn(-c2cc(Oc3ccc(NC(=O)c4ccc(Cl)cc4)cc3)ncn2)c(C)c1C. The van der Waals surface area contributed by atoms with Crippen LogP contribution in [-0.4, -0.2) is 25.7 Å². The standard InChI is InChI=1S/C23H20ClN5O2/c1-14-15(2)28-29(16(14)3)21-12-22(26-13-25-21)31-20-10-8-19(9-11-20)27-23(30)17-4-6-18(24)7-5-17/h4-13H,1-3H3,(H,27,30). The molecule has 2 aromatic carbocycles. The molecule has 2 aromatic heterocycles. The number of carbonyl (C=O) groups is 1. The van der Waals surface area contributed by atoms with Crippen molar-refractivity contribution in [1.29, 1.82) is 0 Å². The lowest BCUT2D eigenvalue weighted by atomic mass is 10.2. The first kappa shape index (κ1) is 20.6. The number of ether oxygens (including phenoxy) is 1. The monoisotopic (exact) mass is 433 g/mol. The van der Waals surface area contributed by atoms with Crippen LogP contribution in [0.15, 0.2) is 60.9 Å². The van der Waals surface area contributed by atoms with E-state index in [2.05, 4.69) is 20.4 Å². The maximum absolute atomic E-state index is 12.3. The first-order chi connectivity index (χ1) is 14.9. The molecule has 8 heteroatoms. The van der Waals surface area contributed by atoms with Crippen LogP contribution in [0.1, 0.15) is 27.3 Å². The number of benzene rings is 2. The van der Waals surface area contributed by atoms with Gasteiger partial charge in [0.15, 0.2) is 5.82 Å². The molecule has 0 bridgehead atoms. The highest BCUT2D eigenvalue weighted by Gasteiger charge is 2.12. The molecule has 0 atom stereocenters.